The van der Waals surface area contributed by atoms with Gasteiger partial charge in [-0.25, -0.2) is 4.79 Å². The molecule has 2 aliphatic rings. The summed E-state index contributed by atoms with van der Waals surface area (Å²) in [4.78, 5) is 24.7. The molecule has 5 heteroatoms. The molecule has 0 aliphatic carbocycles. The van der Waals surface area contributed by atoms with Gasteiger partial charge in [0.15, 0.2) is 6.10 Å². The monoisotopic (exact) mass is 241 g/mol. The first-order chi connectivity index (χ1) is 8.18. The molecule has 2 rings (SSSR count). The summed E-state index contributed by atoms with van der Waals surface area (Å²) >= 11 is 0. The van der Waals surface area contributed by atoms with Crippen LogP contribution < -0.4 is 0 Å². The van der Waals surface area contributed by atoms with Gasteiger partial charge in [-0.1, -0.05) is 12.8 Å². The van der Waals surface area contributed by atoms with Crippen molar-refractivity contribution in [1.82, 2.24) is 4.90 Å². The lowest BCUT2D eigenvalue weighted by Crippen LogP contribution is -2.40. The number of nitrogens with zero attached hydrogens (tertiary/aromatic N) is 1. The molecular weight excluding hydrogens is 222 g/mol. The molecule has 2 fully saturated rings. The number of carboxylic acid groups (broad SMARTS) is 1. The van der Waals surface area contributed by atoms with Gasteiger partial charge in [-0.2, -0.15) is 0 Å². The first-order valence-corrected chi connectivity index (χ1v) is 6.35. The average molecular weight is 241 g/mol. The van der Waals surface area contributed by atoms with Crippen molar-refractivity contribution in [3.05, 3.63) is 0 Å². The fraction of sp³-hybridized carbons (Fsp3) is 0.833. The summed E-state index contributed by atoms with van der Waals surface area (Å²) in [5, 5.41) is 8.82. The Morgan fingerprint density at radius 1 is 1.00 bits per heavy atom. The third-order valence-corrected chi connectivity index (χ3v) is 3.49. The fourth-order valence-corrected chi connectivity index (χ4v) is 2.50. The van der Waals surface area contributed by atoms with Gasteiger partial charge in [0.2, 0.25) is 0 Å². The van der Waals surface area contributed by atoms with E-state index in [0.717, 1.165) is 25.9 Å². The highest BCUT2D eigenvalue weighted by Gasteiger charge is 2.36. The van der Waals surface area contributed by atoms with E-state index in [1.165, 1.54) is 12.8 Å². The van der Waals surface area contributed by atoms with Gasteiger partial charge >= 0.3 is 5.97 Å². The summed E-state index contributed by atoms with van der Waals surface area (Å²) in [5.74, 6) is -0.980. The number of rotatable bonds is 2. The highest BCUT2D eigenvalue weighted by Crippen LogP contribution is 2.22. The lowest BCUT2D eigenvalue weighted by Gasteiger charge is -2.23. The maximum absolute atomic E-state index is 12.1. The van der Waals surface area contributed by atoms with Crippen molar-refractivity contribution < 1.29 is 19.4 Å². The molecule has 1 N–H and O–H groups in total. The van der Waals surface area contributed by atoms with Crippen molar-refractivity contribution in [2.24, 2.45) is 0 Å². The number of carboxylic acids is 1. The van der Waals surface area contributed by atoms with Gasteiger partial charge in [0.1, 0.15) is 6.10 Å². The zero-order chi connectivity index (χ0) is 12.3. The molecule has 0 aromatic carbocycles. The normalized spacial score (nSPS) is 30.0. The quantitative estimate of drug-likeness (QED) is 0.784. The Morgan fingerprint density at radius 2 is 1.59 bits per heavy atom. The molecule has 2 saturated heterocycles. The summed E-state index contributed by atoms with van der Waals surface area (Å²) in [6.45, 7) is 1.58. The first-order valence-electron chi connectivity index (χ1n) is 6.35. The van der Waals surface area contributed by atoms with Crippen LogP contribution in [0.1, 0.15) is 38.5 Å². The molecule has 5 nitrogen and oxygen atoms in total. The zero-order valence-electron chi connectivity index (χ0n) is 9.93. The average Bonchev–Trinajstić information content (AvgIpc) is 2.65. The standard InChI is InChI=1S/C12H19NO4/c14-11(13-7-3-1-2-4-8-13)9-5-6-10(17-9)12(15)16/h9-10H,1-8H2,(H,15,16)/t9-,10+/m0/s1. The lowest BCUT2D eigenvalue weighted by atomic mass is 10.2. The first kappa shape index (κ1) is 12.4. The van der Waals surface area contributed by atoms with Crippen LogP contribution in [0.2, 0.25) is 0 Å². The topological polar surface area (TPSA) is 66.8 Å². The highest BCUT2D eigenvalue weighted by atomic mass is 16.5. The van der Waals surface area contributed by atoms with Gasteiger partial charge in [0, 0.05) is 13.1 Å². The van der Waals surface area contributed by atoms with E-state index in [-0.39, 0.29) is 5.91 Å². The van der Waals surface area contributed by atoms with E-state index in [9.17, 15) is 9.59 Å². The number of ether oxygens (including phenoxy) is 1. The molecule has 0 radical (unpaired) electrons. The van der Waals surface area contributed by atoms with Crippen molar-refractivity contribution in [2.75, 3.05) is 13.1 Å². The minimum absolute atomic E-state index is 0.0179. The predicted octanol–water partition coefficient (Wildman–Crippen LogP) is 1.02. The molecule has 0 aromatic rings. The van der Waals surface area contributed by atoms with E-state index in [4.69, 9.17) is 9.84 Å². The molecule has 2 atom stereocenters. The Labute approximate surface area is 101 Å². The summed E-state index contributed by atoms with van der Waals surface area (Å²) in [7, 11) is 0. The van der Waals surface area contributed by atoms with E-state index < -0.39 is 18.2 Å². The lowest BCUT2D eigenvalue weighted by molar-refractivity contribution is -0.154. The van der Waals surface area contributed by atoms with Crippen LogP contribution in [-0.2, 0) is 14.3 Å². The van der Waals surface area contributed by atoms with Crippen LogP contribution in [0.5, 0.6) is 0 Å². The van der Waals surface area contributed by atoms with Crippen LogP contribution in [0.4, 0.5) is 0 Å². The summed E-state index contributed by atoms with van der Waals surface area (Å²) in [6, 6.07) is 0. The van der Waals surface area contributed by atoms with E-state index in [0.29, 0.717) is 12.8 Å². The van der Waals surface area contributed by atoms with Crippen molar-refractivity contribution in [1.29, 1.82) is 0 Å². The molecule has 0 saturated carbocycles. The maximum Gasteiger partial charge on any atom is 0.332 e. The van der Waals surface area contributed by atoms with E-state index in [1.54, 1.807) is 0 Å². The molecule has 2 heterocycles. The Kier molecular flexibility index (Phi) is 3.99. The molecule has 0 unspecified atom stereocenters. The van der Waals surface area contributed by atoms with Gasteiger partial charge in [-0.15, -0.1) is 0 Å². The van der Waals surface area contributed by atoms with E-state index >= 15 is 0 Å². The van der Waals surface area contributed by atoms with Crippen molar-refractivity contribution in [3.63, 3.8) is 0 Å². The largest absolute Gasteiger partial charge is 0.479 e. The number of hydrogen-bond acceptors (Lipinski definition) is 3. The second kappa shape index (κ2) is 5.49. The Balaban J connectivity index is 1.89. The Hall–Kier alpha value is -1.10. The second-order valence-corrected chi connectivity index (χ2v) is 4.77. The van der Waals surface area contributed by atoms with Gasteiger partial charge < -0.3 is 14.7 Å². The number of carbonyl (C=O) groups excluding carboxylic acids is 1. The van der Waals surface area contributed by atoms with Gasteiger partial charge in [0.05, 0.1) is 0 Å². The Morgan fingerprint density at radius 3 is 2.12 bits per heavy atom. The number of hydrogen-bond donors (Lipinski definition) is 1. The van der Waals surface area contributed by atoms with E-state index in [1.807, 2.05) is 4.90 Å². The van der Waals surface area contributed by atoms with Gasteiger partial charge in [0.25, 0.3) is 5.91 Å². The van der Waals surface area contributed by atoms with Crippen LogP contribution in [0.15, 0.2) is 0 Å². The van der Waals surface area contributed by atoms with Gasteiger partial charge in [-0.05, 0) is 25.7 Å². The molecule has 17 heavy (non-hydrogen) atoms. The van der Waals surface area contributed by atoms with Gasteiger partial charge in [-0.3, -0.25) is 4.79 Å². The number of aliphatic carboxylic acids is 1. The highest BCUT2D eigenvalue weighted by molar-refractivity contribution is 5.82. The molecule has 96 valence electrons. The molecule has 0 aromatic heterocycles. The van der Waals surface area contributed by atoms with Crippen molar-refractivity contribution in [2.45, 2.75) is 50.7 Å². The molecule has 0 bridgehead atoms. The fourth-order valence-electron chi connectivity index (χ4n) is 2.50. The summed E-state index contributed by atoms with van der Waals surface area (Å²) < 4.78 is 5.29. The minimum atomic E-state index is -0.962. The van der Waals surface area contributed by atoms with Crippen molar-refractivity contribution in [3.8, 4) is 0 Å². The van der Waals surface area contributed by atoms with Crippen LogP contribution in [0.25, 0.3) is 0 Å². The SMILES string of the molecule is O=C(O)[C@H]1CC[C@@H](C(=O)N2CCCCCC2)O1. The number of carbonyl (C=O) groups is 2. The Bertz CT molecular complexity index is 297. The third-order valence-electron chi connectivity index (χ3n) is 3.49. The second-order valence-electron chi connectivity index (χ2n) is 4.77. The predicted molar refractivity (Wildman–Crippen MR) is 60.6 cm³/mol. The third kappa shape index (κ3) is 2.97. The smallest absolute Gasteiger partial charge is 0.332 e. The van der Waals surface area contributed by atoms with Crippen LogP contribution in [-0.4, -0.2) is 47.2 Å². The number of amides is 1. The minimum Gasteiger partial charge on any atom is -0.479 e. The van der Waals surface area contributed by atoms with Crippen LogP contribution >= 0.6 is 0 Å². The number of likely N-dealkylation sites (tertiary alicyclic amines) is 1. The summed E-state index contributed by atoms with van der Waals surface area (Å²) in [6.07, 6.45) is 4.08. The zero-order valence-corrected chi connectivity index (χ0v) is 9.93. The van der Waals surface area contributed by atoms with Crippen LogP contribution in [0, 0.1) is 0 Å². The van der Waals surface area contributed by atoms with E-state index in [2.05, 4.69) is 0 Å². The van der Waals surface area contributed by atoms with Crippen LogP contribution in [0.3, 0.4) is 0 Å². The van der Waals surface area contributed by atoms with Crippen molar-refractivity contribution >= 4 is 11.9 Å². The molecule has 1 amide bonds. The summed E-state index contributed by atoms with van der Waals surface area (Å²) in [5.41, 5.74) is 0. The maximum atomic E-state index is 12.1. The molecule has 0 spiro atoms. The molecular formula is C12H19NO4. The molecule has 2 aliphatic heterocycles.